The summed E-state index contributed by atoms with van der Waals surface area (Å²) in [5, 5.41) is 20.7. The Morgan fingerprint density at radius 1 is 0.922 bits per heavy atom. The van der Waals surface area contributed by atoms with Gasteiger partial charge in [0, 0.05) is 76.2 Å². The molecule has 0 aliphatic heterocycles. The molecule has 51 heavy (non-hydrogen) atoms. The minimum absolute atomic E-state index is 0.180. The zero-order valence-electron chi connectivity index (χ0n) is 30.8. The predicted molar refractivity (Wildman–Crippen MR) is 203 cm³/mol. The number of hydrogen-bond donors (Lipinski definition) is 3. The monoisotopic (exact) mass is 714 g/mol. The van der Waals surface area contributed by atoms with Crippen LogP contribution in [0.3, 0.4) is 0 Å². The number of benzene rings is 3. The van der Waals surface area contributed by atoms with Crippen LogP contribution in [0.5, 0.6) is 5.75 Å². The van der Waals surface area contributed by atoms with E-state index in [9.17, 15) is 19.5 Å². The summed E-state index contributed by atoms with van der Waals surface area (Å²) in [6, 6.07) is 19.8. The molecule has 11 nitrogen and oxygen atoms in total. The van der Waals surface area contributed by atoms with Gasteiger partial charge in [0.15, 0.2) is 0 Å². The second kappa shape index (κ2) is 17.9. The van der Waals surface area contributed by atoms with Crippen LogP contribution in [0.25, 0.3) is 0 Å². The van der Waals surface area contributed by atoms with E-state index in [0.717, 1.165) is 27.4 Å². The Morgan fingerprint density at radius 3 is 2.25 bits per heavy atom. The molecule has 0 spiro atoms. The molecule has 0 radical (unpaired) electrons. The second-order valence-corrected chi connectivity index (χ2v) is 14.4. The van der Waals surface area contributed by atoms with Crippen LogP contribution in [-0.2, 0) is 19.5 Å². The lowest BCUT2D eigenvalue weighted by Gasteiger charge is -2.26. The maximum atomic E-state index is 13.9. The molecule has 3 aromatic carbocycles. The molecule has 2 atom stereocenters. The SMILES string of the molecule is Cc1csc(CN(C)C(=O)c2cc(C(=O)NC(Cc3ccccc3)C(O)CNCc3cc(OC(=O)N(C)C)cc(C(C)C)c3)cc(N(C)C)c2)n1. The molecule has 0 saturated carbocycles. The third-order valence-electron chi connectivity index (χ3n) is 8.32. The third-order valence-corrected chi connectivity index (χ3v) is 9.27. The highest BCUT2D eigenvalue weighted by Gasteiger charge is 2.24. The Kier molecular flexibility index (Phi) is 13.7. The summed E-state index contributed by atoms with van der Waals surface area (Å²) >= 11 is 1.50. The van der Waals surface area contributed by atoms with Crippen LogP contribution < -0.4 is 20.3 Å². The number of ether oxygens (including phenoxy) is 1. The van der Waals surface area contributed by atoms with Gasteiger partial charge in [-0.25, -0.2) is 9.78 Å². The Balaban J connectivity index is 1.52. The maximum absolute atomic E-state index is 13.9. The van der Waals surface area contributed by atoms with Gasteiger partial charge in [0.25, 0.3) is 11.8 Å². The number of aryl methyl sites for hydroxylation is 1. The number of nitrogens with one attached hydrogen (secondary N) is 2. The van der Waals surface area contributed by atoms with E-state index in [4.69, 9.17) is 4.74 Å². The lowest BCUT2D eigenvalue weighted by molar-refractivity contribution is 0.0784. The van der Waals surface area contributed by atoms with Crippen molar-refractivity contribution in [2.45, 2.75) is 58.3 Å². The van der Waals surface area contributed by atoms with Crippen molar-refractivity contribution in [1.82, 2.24) is 25.4 Å². The van der Waals surface area contributed by atoms with Crippen molar-refractivity contribution >= 4 is 34.9 Å². The fourth-order valence-corrected chi connectivity index (χ4v) is 6.20. The zero-order chi connectivity index (χ0) is 37.2. The van der Waals surface area contributed by atoms with Crippen LogP contribution in [0.15, 0.2) is 72.1 Å². The van der Waals surface area contributed by atoms with Gasteiger partial charge in [0.1, 0.15) is 10.8 Å². The molecule has 0 fully saturated rings. The molecule has 0 aliphatic carbocycles. The first-order valence-corrected chi connectivity index (χ1v) is 17.8. The Hall–Kier alpha value is -4.78. The van der Waals surface area contributed by atoms with Crippen molar-refractivity contribution in [3.8, 4) is 5.75 Å². The van der Waals surface area contributed by atoms with Crippen molar-refractivity contribution in [1.29, 1.82) is 0 Å². The van der Waals surface area contributed by atoms with Crippen LogP contribution in [0.4, 0.5) is 10.5 Å². The normalized spacial score (nSPS) is 12.3. The third kappa shape index (κ3) is 11.4. The molecule has 3 N–H and O–H groups in total. The molecule has 1 aromatic heterocycles. The number of rotatable bonds is 15. The van der Waals surface area contributed by atoms with Gasteiger partial charge in [-0.15, -0.1) is 11.3 Å². The van der Waals surface area contributed by atoms with Crippen LogP contribution in [0, 0.1) is 6.92 Å². The summed E-state index contributed by atoms with van der Waals surface area (Å²) in [5.74, 6) is 0.0332. The van der Waals surface area contributed by atoms with E-state index in [1.54, 1.807) is 44.2 Å². The molecule has 272 valence electrons. The number of aromatic nitrogens is 1. The van der Waals surface area contributed by atoms with Crippen molar-refractivity contribution in [3.05, 3.63) is 111 Å². The molecule has 4 rings (SSSR count). The first-order valence-electron chi connectivity index (χ1n) is 17.0. The predicted octanol–water partition coefficient (Wildman–Crippen LogP) is 5.47. The van der Waals surface area contributed by atoms with Gasteiger partial charge in [-0.3, -0.25) is 9.59 Å². The van der Waals surface area contributed by atoms with Gasteiger partial charge in [-0.1, -0.05) is 50.2 Å². The summed E-state index contributed by atoms with van der Waals surface area (Å²) in [4.78, 5) is 49.0. The van der Waals surface area contributed by atoms with Crippen LogP contribution in [0.1, 0.15) is 67.9 Å². The van der Waals surface area contributed by atoms with Crippen LogP contribution in [-0.4, -0.2) is 91.7 Å². The number of carbonyl (C=O) groups is 3. The second-order valence-electron chi connectivity index (χ2n) is 13.5. The van der Waals surface area contributed by atoms with Crippen LogP contribution in [0.2, 0.25) is 0 Å². The number of amides is 3. The lowest BCUT2D eigenvalue weighted by Crippen LogP contribution is -2.48. The van der Waals surface area contributed by atoms with E-state index in [1.807, 2.05) is 79.8 Å². The Bertz CT molecular complexity index is 1790. The van der Waals surface area contributed by atoms with E-state index >= 15 is 0 Å². The van der Waals surface area contributed by atoms with Gasteiger partial charge >= 0.3 is 6.09 Å². The number of carbonyl (C=O) groups excluding carboxylic acids is 3. The fourth-order valence-electron chi connectivity index (χ4n) is 5.38. The van der Waals surface area contributed by atoms with Crippen LogP contribution >= 0.6 is 11.3 Å². The molecule has 0 saturated heterocycles. The summed E-state index contributed by atoms with van der Waals surface area (Å²) in [6.45, 7) is 6.99. The summed E-state index contributed by atoms with van der Waals surface area (Å²) in [7, 11) is 8.69. The Labute approximate surface area is 305 Å². The summed E-state index contributed by atoms with van der Waals surface area (Å²) in [5.41, 5.74) is 5.17. The molecule has 0 aliphatic rings. The van der Waals surface area contributed by atoms with Crippen molar-refractivity contribution in [3.63, 3.8) is 0 Å². The number of nitrogens with zero attached hydrogens (tertiary/aromatic N) is 4. The lowest BCUT2D eigenvalue weighted by atomic mass is 9.99. The topological polar surface area (TPSA) is 127 Å². The summed E-state index contributed by atoms with van der Waals surface area (Å²) < 4.78 is 5.55. The molecule has 4 aromatic rings. The van der Waals surface area contributed by atoms with E-state index in [0.29, 0.717) is 42.1 Å². The zero-order valence-corrected chi connectivity index (χ0v) is 31.6. The summed E-state index contributed by atoms with van der Waals surface area (Å²) in [6.07, 6.45) is -1.03. The molecule has 0 bridgehead atoms. The smallest absolute Gasteiger partial charge is 0.410 e. The Morgan fingerprint density at radius 2 is 1.63 bits per heavy atom. The quantitative estimate of drug-likeness (QED) is 0.148. The number of anilines is 1. The average Bonchev–Trinajstić information content (AvgIpc) is 3.51. The van der Waals surface area contributed by atoms with E-state index in [-0.39, 0.29) is 18.4 Å². The molecular formula is C39H50N6O5S. The molecule has 2 unspecified atom stereocenters. The van der Waals surface area contributed by atoms with Gasteiger partial charge in [-0.2, -0.15) is 0 Å². The minimum Gasteiger partial charge on any atom is -0.410 e. The standard InChI is InChI=1S/C39H50N6O5S/c1-25(2)29-14-28(15-33(20-29)50-39(49)44(6)7)21-40-22-35(46)34(16-27-12-10-9-11-13-27)42-37(47)30-17-31(19-32(18-30)43(4)5)38(48)45(8)23-36-41-26(3)24-51-36/h9-15,17-20,24-25,34-35,40,46H,16,21-23H2,1-8H3,(H,42,47). The van der Waals surface area contributed by atoms with E-state index in [1.165, 1.54) is 16.2 Å². The van der Waals surface area contributed by atoms with Gasteiger partial charge in [0.2, 0.25) is 0 Å². The van der Waals surface area contributed by atoms with Crippen molar-refractivity contribution in [2.24, 2.45) is 0 Å². The highest BCUT2D eigenvalue weighted by atomic mass is 32.1. The number of aliphatic hydroxyl groups excluding tert-OH is 1. The number of hydrogen-bond acceptors (Lipinski definition) is 9. The van der Waals surface area contributed by atoms with Gasteiger partial charge < -0.3 is 35.2 Å². The average molecular weight is 715 g/mol. The van der Waals surface area contributed by atoms with E-state index in [2.05, 4.69) is 29.5 Å². The fraction of sp³-hybridized carbons (Fsp3) is 0.385. The highest BCUT2D eigenvalue weighted by Crippen LogP contribution is 2.24. The first kappa shape index (κ1) is 39.0. The van der Waals surface area contributed by atoms with Gasteiger partial charge in [0.05, 0.1) is 18.7 Å². The number of aliphatic hydroxyl groups is 1. The van der Waals surface area contributed by atoms with Crippen molar-refractivity contribution in [2.75, 3.05) is 46.7 Å². The molecule has 1 heterocycles. The maximum Gasteiger partial charge on any atom is 0.414 e. The van der Waals surface area contributed by atoms with E-state index < -0.39 is 24.1 Å². The minimum atomic E-state index is -0.959. The molecule has 3 amide bonds. The molecular weight excluding hydrogens is 665 g/mol. The van der Waals surface area contributed by atoms with Gasteiger partial charge in [-0.05, 0) is 66.3 Å². The largest absolute Gasteiger partial charge is 0.414 e. The highest BCUT2D eigenvalue weighted by molar-refractivity contribution is 7.09. The molecule has 12 heteroatoms. The van der Waals surface area contributed by atoms with Crippen molar-refractivity contribution < 1.29 is 24.2 Å². The number of thiazole rings is 1. The first-order chi connectivity index (χ1) is 24.2.